The van der Waals surface area contributed by atoms with Crippen molar-refractivity contribution in [2.75, 3.05) is 13.6 Å². The minimum atomic E-state index is -0.789. The number of rotatable bonds is 3. The number of carbonyl (C=O) groups is 1. The van der Waals surface area contributed by atoms with Gasteiger partial charge in [-0.1, -0.05) is 31.0 Å². The van der Waals surface area contributed by atoms with E-state index in [1.54, 1.807) is 0 Å². The second kappa shape index (κ2) is 6.16. The quantitative estimate of drug-likeness (QED) is 0.931. The highest BCUT2D eigenvalue weighted by Gasteiger charge is 2.24. The molecule has 1 aromatic heterocycles. The highest BCUT2D eigenvalue weighted by Crippen LogP contribution is 2.33. The van der Waals surface area contributed by atoms with Crippen LogP contribution < -0.4 is 0 Å². The maximum Gasteiger partial charge on any atom is 0.346 e. The van der Waals surface area contributed by atoms with E-state index in [0.717, 1.165) is 28.6 Å². The first-order valence-corrected chi connectivity index (χ1v) is 8.42. The molecule has 1 aliphatic rings. The summed E-state index contributed by atoms with van der Waals surface area (Å²) in [6.45, 7) is 1.12. The number of carboxylic acids is 1. The van der Waals surface area contributed by atoms with Crippen LogP contribution in [0.1, 0.15) is 40.9 Å². The lowest BCUT2D eigenvalue weighted by Crippen LogP contribution is -2.33. The second-order valence-electron chi connectivity index (χ2n) is 5.90. The second-order valence-corrected chi connectivity index (χ2v) is 6.95. The molecule has 0 spiro atoms. The Kier molecular flexibility index (Phi) is 4.27. The molecule has 0 saturated carbocycles. The lowest BCUT2D eigenvalue weighted by molar-refractivity contribution is 0.0700. The van der Waals surface area contributed by atoms with Gasteiger partial charge in [-0.3, -0.25) is 0 Å². The van der Waals surface area contributed by atoms with Crippen LogP contribution in [0.5, 0.6) is 0 Å². The molecule has 0 bridgehead atoms. The fourth-order valence-corrected chi connectivity index (χ4v) is 4.36. The third kappa shape index (κ3) is 2.97. The normalized spacial score (nSPS) is 20.5. The highest BCUT2D eigenvalue weighted by molar-refractivity contribution is 7.21. The first-order chi connectivity index (χ1) is 10.2. The van der Waals surface area contributed by atoms with Gasteiger partial charge in [-0.15, -0.1) is 11.3 Å². The van der Waals surface area contributed by atoms with E-state index in [9.17, 15) is 9.90 Å². The third-order valence-corrected chi connectivity index (χ3v) is 5.70. The van der Waals surface area contributed by atoms with Crippen LogP contribution in [0.2, 0.25) is 0 Å². The van der Waals surface area contributed by atoms with Gasteiger partial charge in [0.15, 0.2) is 0 Å². The van der Waals surface area contributed by atoms with Gasteiger partial charge >= 0.3 is 5.97 Å². The Morgan fingerprint density at radius 2 is 2.14 bits per heavy atom. The Hall–Kier alpha value is -1.39. The molecular weight excluding hydrogens is 282 g/mol. The molecule has 1 saturated heterocycles. The van der Waals surface area contributed by atoms with E-state index in [-0.39, 0.29) is 0 Å². The minimum absolute atomic E-state index is 0.462. The van der Waals surface area contributed by atoms with Gasteiger partial charge < -0.3 is 10.0 Å². The SMILES string of the molecule is CN1CCCCCC1Cc1c(C(=O)O)sc2ccccc12. The number of thiophene rings is 1. The molecule has 112 valence electrons. The first-order valence-electron chi connectivity index (χ1n) is 7.61. The topological polar surface area (TPSA) is 40.5 Å². The van der Waals surface area contributed by atoms with Gasteiger partial charge in [-0.05, 0) is 49.9 Å². The molecule has 2 aromatic rings. The number of nitrogens with zero attached hydrogens (tertiary/aromatic N) is 1. The number of aromatic carboxylic acids is 1. The van der Waals surface area contributed by atoms with Gasteiger partial charge in [-0.2, -0.15) is 0 Å². The summed E-state index contributed by atoms with van der Waals surface area (Å²) in [5.41, 5.74) is 1.03. The molecule has 1 aliphatic heterocycles. The Balaban J connectivity index is 1.98. The molecule has 0 amide bonds. The predicted molar refractivity (Wildman–Crippen MR) is 87.4 cm³/mol. The van der Waals surface area contributed by atoms with Crippen molar-refractivity contribution >= 4 is 27.4 Å². The summed E-state index contributed by atoms with van der Waals surface area (Å²) < 4.78 is 1.08. The summed E-state index contributed by atoms with van der Waals surface area (Å²) in [7, 11) is 2.17. The summed E-state index contributed by atoms with van der Waals surface area (Å²) in [6, 6.07) is 8.52. The average molecular weight is 303 g/mol. The van der Waals surface area contributed by atoms with Crippen LogP contribution in [0.4, 0.5) is 0 Å². The van der Waals surface area contributed by atoms with Crippen LogP contribution in [-0.4, -0.2) is 35.6 Å². The van der Waals surface area contributed by atoms with Crippen molar-refractivity contribution in [3.63, 3.8) is 0 Å². The van der Waals surface area contributed by atoms with Crippen LogP contribution in [0, 0.1) is 0 Å². The Bertz CT molecular complexity index is 649. The van der Waals surface area contributed by atoms with Crippen molar-refractivity contribution in [1.82, 2.24) is 4.90 Å². The van der Waals surface area contributed by atoms with Crippen LogP contribution >= 0.6 is 11.3 Å². The number of hydrogen-bond donors (Lipinski definition) is 1. The van der Waals surface area contributed by atoms with Crippen molar-refractivity contribution in [2.24, 2.45) is 0 Å². The smallest absolute Gasteiger partial charge is 0.346 e. The zero-order chi connectivity index (χ0) is 14.8. The van der Waals surface area contributed by atoms with Crippen LogP contribution in [-0.2, 0) is 6.42 Å². The first kappa shape index (κ1) is 14.5. The minimum Gasteiger partial charge on any atom is -0.477 e. The van der Waals surface area contributed by atoms with E-state index < -0.39 is 5.97 Å². The van der Waals surface area contributed by atoms with Gasteiger partial charge in [0.25, 0.3) is 0 Å². The van der Waals surface area contributed by atoms with Gasteiger partial charge in [0.1, 0.15) is 4.88 Å². The Morgan fingerprint density at radius 3 is 2.95 bits per heavy atom. The average Bonchev–Trinajstić information content (AvgIpc) is 2.72. The van der Waals surface area contributed by atoms with Gasteiger partial charge in [-0.25, -0.2) is 4.79 Å². The Morgan fingerprint density at radius 1 is 1.33 bits per heavy atom. The highest BCUT2D eigenvalue weighted by atomic mass is 32.1. The van der Waals surface area contributed by atoms with Crippen molar-refractivity contribution in [2.45, 2.75) is 38.1 Å². The maximum absolute atomic E-state index is 11.6. The third-order valence-electron chi connectivity index (χ3n) is 4.50. The fraction of sp³-hybridized carbons (Fsp3) is 0.471. The number of carboxylic acid groups (broad SMARTS) is 1. The molecule has 2 heterocycles. The summed E-state index contributed by atoms with van der Waals surface area (Å²) in [5.74, 6) is -0.789. The number of fused-ring (bicyclic) bond motifs is 1. The lowest BCUT2D eigenvalue weighted by Gasteiger charge is -2.25. The summed E-state index contributed by atoms with van der Waals surface area (Å²) >= 11 is 1.41. The number of likely N-dealkylation sites (tertiary alicyclic amines) is 1. The molecule has 3 nitrogen and oxygen atoms in total. The standard InChI is InChI=1S/C17H21NO2S/c1-18-10-6-2-3-7-12(18)11-14-13-8-4-5-9-15(13)21-16(14)17(19)20/h4-5,8-9,12H,2-3,6-7,10-11H2,1H3,(H,19,20). The zero-order valence-electron chi connectivity index (χ0n) is 12.3. The summed E-state index contributed by atoms with van der Waals surface area (Å²) in [4.78, 5) is 14.5. The van der Waals surface area contributed by atoms with Crippen LogP contribution in [0.15, 0.2) is 24.3 Å². The molecule has 1 fully saturated rings. The van der Waals surface area contributed by atoms with E-state index >= 15 is 0 Å². The zero-order valence-corrected chi connectivity index (χ0v) is 13.2. The monoisotopic (exact) mass is 303 g/mol. The number of likely N-dealkylation sites (N-methyl/N-ethyl adjacent to an activating group) is 1. The lowest BCUT2D eigenvalue weighted by atomic mass is 9.98. The Labute approximate surface area is 129 Å². The van der Waals surface area contributed by atoms with E-state index in [4.69, 9.17) is 0 Å². The molecule has 3 rings (SSSR count). The molecule has 21 heavy (non-hydrogen) atoms. The van der Waals surface area contributed by atoms with Gasteiger partial charge in [0, 0.05) is 10.7 Å². The van der Waals surface area contributed by atoms with E-state index in [1.165, 1.54) is 37.0 Å². The van der Waals surface area contributed by atoms with Gasteiger partial charge in [0.2, 0.25) is 0 Å². The van der Waals surface area contributed by atoms with Crippen LogP contribution in [0.3, 0.4) is 0 Å². The largest absolute Gasteiger partial charge is 0.477 e. The van der Waals surface area contributed by atoms with Gasteiger partial charge in [0.05, 0.1) is 0 Å². The number of hydrogen-bond acceptors (Lipinski definition) is 3. The van der Waals surface area contributed by atoms with E-state index in [2.05, 4.69) is 18.0 Å². The maximum atomic E-state index is 11.6. The molecule has 1 N–H and O–H groups in total. The molecule has 1 aromatic carbocycles. The van der Waals surface area contributed by atoms with Crippen LogP contribution in [0.25, 0.3) is 10.1 Å². The summed E-state index contributed by atoms with van der Waals surface area (Å²) in [5, 5.41) is 10.6. The van der Waals surface area contributed by atoms with E-state index in [1.807, 2.05) is 18.2 Å². The fourth-order valence-electron chi connectivity index (χ4n) is 3.29. The molecule has 0 aliphatic carbocycles. The number of benzene rings is 1. The molecule has 0 radical (unpaired) electrons. The predicted octanol–water partition coefficient (Wildman–Crippen LogP) is 4.02. The van der Waals surface area contributed by atoms with E-state index in [0.29, 0.717) is 10.9 Å². The molecular formula is C17H21NO2S. The summed E-state index contributed by atoms with van der Waals surface area (Å²) in [6.07, 6.45) is 5.81. The molecule has 1 atom stereocenters. The van der Waals surface area contributed by atoms with Crippen molar-refractivity contribution in [3.05, 3.63) is 34.7 Å². The van der Waals surface area contributed by atoms with Crippen molar-refractivity contribution in [1.29, 1.82) is 0 Å². The van der Waals surface area contributed by atoms with Crippen molar-refractivity contribution < 1.29 is 9.90 Å². The molecule has 4 heteroatoms. The van der Waals surface area contributed by atoms with Crippen molar-refractivity contribution in [3.8, 4) is 0 Å². The molecule has 1 unspecified atom stereocenters.